The van der Waals surface area contributed by atoms with Crippen LogP contribution in [0.2, 0.25) is 0 Å². The summed E-state index contributed by atoms with van der Waals surface area (Å²) in [7, 11) is 0. The van der Waals surface area contributed by atoms with Gasteiger partial charge in [0.15, 0.2) is 0 Å². The fraction of sp³-hybridized carbons (Fsp3) is 0.462. The standard InChI is InChI=1S/C13H18BrN3/c1-9(2)11(7-16)8-17-13-4-3-12(14)5-10(13)6-15/h3-5,9,11,17H,7-8,16H2,1-2H3. The Hall–Kier alpha value is -1.05. The first-order valence-electron chi connectivity index (χ1n) is 5.72. The van der Waals surface area contributed by atoms with E-state index in [1.165, 1.54) is 0 Å². The van der Waals surface area contributed by atoms with Crippen LogP contribution in [0.25, 0.3) is 0 Å². The van der Waals surface area contributed by atoms with E-state index in [9.17, 15) is 0 Å². The van der Waals surface area contributed by atoms with Gasteiger partial charge >= 0.3 is 0 Å². The topological polar surface area (TPSA) is 61.8 Å². The third kappa shape index (κ3) is 4.03. The average Bonchev–Trinajstić information content (AvgIpc) is 2.31. The van der Waals surface area contributed by atoms with Crippen LogP contribution in [-0.2, 0) is 0 Å². The summed E-state index contributed by atoms with van der Waals surface area (Å²) >= 11 is 3.36. The highest BCUT2D eigenvalue weighted by atomic mass is 79.9. The predicted molar refractivity (Wildman–Crippen MR) is 74.7 cm³/mol. The number of hydrogen-bond acceptors (Lipinski definition) is 3. The van der Waals surface area contributed by atoms with E-state index in [0.29, 0.717) is 23.9 Å². The summed E-state index contributed by atoms with van der Waals surface area (Å²) in [5.41, 5.74) is 7.24. The van der Waals surface area contributed by atoms with Crippen molar-refractivity contribution in [3.05, 3.63) is 28.2 Å². The van der Waals surface area contributed by atoms with Crippen LogP contribution in [-0.4, -0.2) is 13.1 Å². The van der Waals surface area contributed by atoms with Crippen molar-refractivity contribution >= 4 is 21.6 Å². The Bertz CT molecular complexity index is 410. The van der Waals surface area contributed by atoms with Crippen molar-refractivity contribution in [3.63, 3.8) is 0 Å². The Kier molecular flexibility index (Phi) is 5.46. The summed E-state index contributed by atoms with van der Waals surface area (Å²) in [5.74, 6) is 0.957. The van der Waals surface area contributed by atoms with E-state index in [-0.39, 0.29) is 0 Å². The zero-order valence-electron chi connectivity index (χ0n) is 10.2. The van der Waals surface area contributed by atoms with Gasteiger partial charge < -0.3 is 11.1 Å². The van der Waals surface area contributed by atoms with E-state index < -0.39 is 0 Å². The zero-order chi connectivity index (χ0) is 12.8. The number of anilines is 1. The highest BCUT2D eigenvalue weighted by Gasteiger charge is 2.12. The first-order chi connectivity index (χ1) is 8.08. The number of nitrogens with one attached hydrogen (secondary N) is 1. The Balaban J connectivity index is 2.72. The van der Waals surface area contributed by atoms with Crippen LogP contribution in [0.15, 0.2) is 22.7 Å². The molecule has 0 aliphatic heterocycles. The van der Waals surface area contributed by atoms with Crippen LogP contribution in [0.5, 0.6) is 0 Å². The van der Waals surface area contributed by atoms with E-state index in [1.54, 1.807) is 0 Å². The van der Waals surface area contributed by atoms with Gasteiger partial charge in [0.25, 0.3) is 0 Å². The first-order valence-corrected chi connectivity index (χ1v) is 6.51. The molecule has 0 amide bonds. The molecule has 1 rings (SSSR count). The number of nitrogens with zero attached hydrogens (tertiary/aromatic N) is 1. The molecular weight excluding hydrogens is 278 g/mol. The third-order valence-electron chi connectivity index (χ3n) is 2.90. The van der Waals surface area contributed by atoms with Crippen molar-refractivity contribution in [2.75, 3.05) is 18.4 Å². The predicted octanol–water partition coefficient (Wildman–Crippen LogP) is 2.96. The smallest absolute Gasteiger partial charge is 0.101 e. The molecular formula is C13H18BrN3. The van der Waals surface area contributed by atoms with Crippen molar-refractivity contribution in [1.29, 1.82) is 5.26 Å². The molecule has 0 spiro atoms. The molecule has 0 heterocycles. The molecule has 1 unspecified atom stereocenters. The number of rotatable bonds is 5. The lowest BCUT2D eigenvalue weighted by Gasteiger charge is -2.20. The SMILES string of the molecule is CC(C)C(CN)CNc1ccc(Br)cc1C#N. The quantitative estimate of drug-likeness (QED) is 0.878. The van der Waals surface area contributed by atoms with Gasteiger partial charge in [-0.15, -0.1) is 0 Å². The lowest BCUT2D eigenvalue weighted by molar-refractivity contribution is 0.413. The zero-order valence-corrected chi connectivity index (χ0v) is 11.8. The van der Waals surface area contributed by atoms with E-state index in [0.717, 1.165) is 16.7 Å². The molecule has 3 nitrogen and oxygen atoms in total. The normalized spacial score (nSPS) is 12.2. The van der Waals surface area contributed by atoms with Crippen LogP contribution < -0.4 is 11.1 Å². The van der Waals surface area contributed by atoms with Crippen LogP contribution in [0, 0.1) is 23.2 Å². The average molecular weight is 296 g/mol. The number of halogens is 1. The molecule has 0 saturated carbocycles. The molecule has 0 aliphatic rings. The minimum Gasteiger partial charge on any atom is -0.384 e. The van der Waals surface area contributed by atoms with E-state index >= 15 is 0 Å². The molecule has 1 aromatic rings. The minimum absolute atomic E-state index is 0.421. The van der Waals surface area contributed by atoms with Gasteiger partial charge in [-0.2, -0.15) is 5.26 Å². The highest BCUT2D eigenvalue weighted by molar-refractivity contribution is 9.10. The molecule has 0 aliphatic carbocycles. The summed E-state index contributed by atoms with van der Waals surface area (Å²) in [4.78, 5) is 0. The number of nitrogens with two attached hydrogens (primary N) is 1. The second kappa shape index (κ2) is 6.63. The fourth-order valence-corrected chi connectivity index (χ4v) is 1.96. The first kappa shape index (κ1) is 14.0. The van der Waals surface area contributed by atoms with Gasteiger partial charge in [0.2, 0.25) is 0 Å². The molecule has 0 bridgehead atoms. The Morgan fingerprint density at radius 1 is 1.47 bits per heavy atom. The van der Waals surface area contributed by atoms with Crippen LogP contribution in [0.1, 0.15) is 19.4 Å². The van der Waals surface area contributed by atoms with Gasteiger partial charge in [-0.3, -0.25) is 0 Å². The third-order valence-corrected chi connectivity index (χ3v) is 3.40. The summed E-state index contributed by atoms with van der Waals surface area (Å²) in [6, 6.07) is 7.84. The maximum Gasteiger partial charge on any atom is 0.101 e. The minimum atomic E-state index is 0.421. The van der Waals surface area contributed by atoms with E-state index in [1.807, 2.05) is 18.2 Å². The lowest BCUT2D eigenvalue weighted by Crippen LogP contribution is -2.27. The molecule has 0 aromatic heterocycles. The van der Waals surface area contributed by atoms with E-state index in [4.69, 9.17) is 11.0 Å². The van der Waals surface area contributed by atoms with Crippen molar-refractivity contribution in [2.45, 2.75) is 13.8 Å². The van der Waals surface area contributed by atoms with Gasteiger partial charge in [-0.25, -0.2) is 0 Å². The summed E-state index contributed by atoms with van der Waals surface area (Å²) in [6.45, 7) is 5.77. The van der Waals surface area contributed by atoms with Crippen LogP contribution in [0.3, 0.4) is 0 Å². The highest BCUT2D eigenvalue weighted by Crippen LogP contribution is 2.21. The van der Waals surface area contributed by atoms with Gasteiger partial charge in [0.1, 0.15) is 6.07 Å². The maximum absolute atomic E-state index is 9.04. The Morgan fingerprint density at radius 3 is 2.71 bits per heavy atom. The number of benzene rings is 1. The summed E-state index contributed by atoms with van der Waals surface area (Å²) in [5, 5.41) is 12.3. The Morgan fingerprint density at radius 2 is 2.18 bits per heavy atom. The number of hydrogen-bond donors (Lipinski definition) is 2. The molecule has 4 heteroatoms. The lowest BCUT2D eigenvalue weighted by atomic mass is 9.96. The van der Waals surface area contributed by atoms with Gasteiger partial charge in [-0.05, 0) is 36.6 Å². The summed E-state index contributed by atoms with van der Waals surface area (Å²) < 4.78 is 0.916. The van der Waals surface area contributed by atoms with E-state index in [2.05, 4.69) is 41.2 Å². The molecule has 3 N–H and O–H groups in total. The van der Waals surface area contributed by atoms with Gasteiger partial charge in [0.05, 0.1) is 11.3 Å². The molecule has 17 heavy (non-hydrogen) atoms. The summed E-state index contributed by atoms with van der Waals surface area (Å²) in [6.07, 6.45) is 0. The largest absolute Gasteiger partial charge is 0.384 e. The van der Waals surface area contributed by atoms with Crippen LogP contribution >= 0.6 is 15.9 Å². The van der Waals surface area contributed by atoms with Crippen LogP contribution in [0.4, 0.5) is 5.69 Å². The molecule has 0 radical (unpaired) electrons. The van der Waals surface area contributed by atoms with Crippen molar-refractivity contribution < 1.29 is 0 Å². The maximum atomic E-state index is 9.04. The number of nitriles is 1. The van der Waals surface area contributed by atoms with Gasteiger partial charge in [-0.1, -0.05) is 29.8 Å². The molecule has 0 fully saturated rings. The second-order valence-corrected chi connectivity index (χ2v) is 5.34. The molecule has 1 atom stereocenters. The van der Waals surface area contributed by atoms with Crippen molar-refractivity contribution in [2.24, 2.45) is 17.6 Å². The molecule has 1 aromatic carbocycles. The van der Waals surface area contributed by atoms with Gasteiger partial charge in [0, 0.05) is 11.0 Å². The van der Waals surface area contributed by atoms with Crippen molar-refractivity contribution in [1.82, 2.24) is 0 Å². The fourth-order valence-electron chi connectivity index (χ4n) is 1.60. The molecule has 0 saturated heterocycles. The second-order valence-electron chi connectivity index (χ2n) is 4.42. The molecule has 92 valence electrons. The van der Waals surface area contributed by atoms with Crippen molar-refractivity contribution in [3.8, 4) is 6.07 Å². The monoisotopic (exact) mass is 295 g/mol. The Labute approximate surface area is 111 Å².